The highest BCUT2D eigenvalue weighted by Crippen LogP contribution is 2.27. The molecule has 1 atom stereocenters. The molecule has 0 unspecified atom stereocenters. The first-order valence-electron chi connectivity index (χ1n) is 9.33. The number of nitriles is 1. The normalized spacial score (nSPS) is 15.7. The van der Waals surface area contributed by atoms with E-state index in [1.54, 1.807) is 36.7 Å². The summed E-state index contributed by atoms with van der Waals surface area (Å²) >= 11 is 0. The van der Waals surface area contributed by atoms with Crippen molar-refractivity contribution in [3.63, 3.8) is 0 Å². The van der Waals surface area contributed by atoms with Crippen LogP contribution in [0, 0.1) is 11.3 Å². The van der Waals surface area contributed by atoms with Gasteiger partial charge in [-0.15, -0.1) is 0 Å². The molecule has 2 aromatic heterocycles. The van der Waals surface area contributed by atoms with Crippen LogP contribution in [0.4, 0.5) is 11.6 Å². The summed E-state index contributed by atoms with van der Waals surface area (Å²) in [6.07, 6.45) is 4.29. The number of ether oxygens (including phenoxy) is 1. The summed E-state index contributed by atoms with van der Waals surface area (Å²) in [4.78, 5) is 12.9. The molecule has 146 valence electrons. The van der Waals surface area contributed by atoms with Crippen molar-refractivity contribution >= 4 is 11.6 Å². The molecule has 3 N–H and O–H groups in total. The van der Waals surface area contributed by atoms with Crippen molar-refractivity contribution in [3.8, 4) is 23.1 Å². The molecule has 3 heterocycles. The van der Waals surface area contributed by atoms with Gasteiger partial charge in [0, 0.05) is 18.3 Å². The summed E-state index contributed by atoms with van der Waals surface area (Å²) in [5.74, 6) is 1.00. The van der Waals surface area contributed by atoms with Gasteiger partial charge in [0.2, 0.25) is 5.95 Å². The summed E-state index contributed by atoms with van der Waals surface area (Å²) in [6, 6.07) is 13.0. The second-order valence-electron chi connectivity index (χ2n) is 6.64. The van der Waals surface area contributed by atoms with E-state index < -0.39 is 0 Å². The van der Waals surface area contributed by atoms with Gasteiger partial charge >= 0.3 is 0 Å². The van der Waals surface area contributed by atoms with Crippen molar-refractivity contribution in [2.45, 2.75) is 19.1 Å². The van der Waals surface area contributed by atoms with Gasteiger partial charge in [0.05, 0.1) is 35.4 Å². The third-order valence-electron chi connectivity index (χ3n) is 4.60. The van der Waals surface area contributed by atoms with Gasteiger partial charge in [-0.25, -0.2) is 9.97 Å². The zero-order valence-corrected chi connectivity index (χ0v) is 15.7. The van der Waals surface area contributed by atoms with E-state index in [1.807, 2.05) is 12.1 Å². The van der Waals surface area contributed by atoms with E-state index in [9.17, 15) is 5.26 Å². The highest BCUT2D eigenvalue weighted by Gasteiger charge is 2.18. The molecule has 1 fully saturated rings. The van der Waals surface area contributed by atoms with Crippen molar-refractivity contribution in [3.05, 3.63) is 60.0 Å². The number of pyridine rings is 1. The molecule has 0 spiro atoms. The number of aliphatic hydroxyl groups is 1. The number of nitrogens with zero attached hydrogens (tertiary/aromatic N) is 4. The third kappa shape index (κ3) is 4.48. The SMILES string of the molecule is N#Cc1cc(-c2ccnc(Nc3ccc(CO)nc3)n2)ccc1O[C@@H]1CCNC1. The summed E-state index contributed by atoms with van der Waals surface area (Å²) in [5, 5.41) is 25.0. The Hall–Kier alpha value is -3.54. The second-order valence-corrected chi connectivity index (χ2v) is 6.64. The number of rotatable bonds is 6. The summed E-state index contributed by atoms with van der Waals surface area (Å²) in [7, 11) is 0. The van der Waals surface area contributed by atoms with Crippen LogP contribution in [0.2, 0.25) is 0 Å². The smallest absolute Gasteiger partial charge is 0.227 e. The topological polar surface area (TPSA) is 116 Å². The van der Waals surface area contributed by atoms with E-state index in [1.165, 1.54) is 0 Å². The lowest BCUT2D eigenvalue weighted by Crippen LogP contribution is -2.20. The Balaban J connectivity index is 1.54. The minimum Gasteiger partial charge on any atom is -0.488 e. The molecule has 29 heavy (non-hydrogen) atoms. The third-order valence-corrected chi connectivity index (χ3v) is 4.60. The average molecular weight is 388 g/mol. The lowest BCUT2D eigenvalue weighted by atomic mass is 10.1. The maximum Gasteiger partial charge on any atom is 0.227 e. The van der Waals surface area contributed by atoms with Crippen LogP contribution < -0.4 is 15.4 Å². The molecule has 8 nitrogen and oxygen atoms in total. The highest BCUT2D eigenvalue weighted by molar-refractivity contribution is 5.65. The summed E-state index contributed by atoms with van der Waals surface area (Å²) in [6.45, 7) is 1.62. The van der Waals surface area contributed by atoms with Gasteiger partial charge in [-0.1, -0.05) is 0 Å². The molecule has 0 aliphatic carbocycles. The number of aromatic nitrogens is 3. The molecule has 1 aliphatic rings. The van der Waals surface area contributed by atoms with Crippen molar-refractivity contribution in [2.24, 2.45) is 0 Å². The Kier molecular flexibility index (Phi) is 5.61. The molecule has 1 aromatic carbocycles. The Bertz CT molecular complexity index is 1030. The molecule has 0 bridgehead atoms. The molecule has 0 saturated carbocycles. The molecule has 3 aromatic rings. The Morgan fingerprint density at radius 1 is 1.24 bits per heavy atom. The molecule has 8 heteroatoms. The fourth-order valence-electron chi connectivity index (χ4n) is 3.09. The van der Waals surface area contributed by atoms with Crippen molar-refractivity contribution in [1.82, 2.24) is 20.3 Å². The van der Waals surface area contributed by atoms with Gasteiger partial charge in [0.1, 0.15) is 17.9 Å². The quantitative estimate of drug-likeness (QED) is 0.589. The fourth-order valence-corrected chi connectivity index (χ4v) is 3.09. The first-order valence-corrected chi connectivity index (χ1v) is 9.33. The Morgan fingerprint density at radius 3 is 2.90 bits per heavy atom. The van der Waals surface area contributed by atoms with Crippen LogP contribution in [-0.4, -0.2) is 39.3 Å². The molecular weight excluding hydrogens is 368 g/mol. The minimum atomic E-state index is -0.107. The van der Waals surface area contributed by atoms with Crippen LogP contribution in [0.1, 0.15) is 17.7 Å². The van der Waals surface area contributed by atoms with E-state index in [2.05, 4.69) is 31.7 Å². The predicted octanol–water partition coefficient (Wildman–Crippen LogP) is 2.39. The van der Waals surface area contributed by atoms with Gasteiger partial charge in [0.25, 0.3) is 0 Å². The maximum absolute atomic E-state index is 9.54. The first-order chi connectivity index (χ1) is 14.2. The number of hydrogen-bond acceptors (Lipinski definition) is 8. The van der Waals surface area contributed by atoms with Crippen molar-refractivity contribution < 1.29 is 9.84 Å². The van der Waals surface area contributed by atoms with Crippen LogP contribution in [0.5, 0.6) is 5.75 Å². The lowest BCUT2D eigenvalue weighted by Gasteiger charge is -2.14. The first kappa shape index (κ1) is 18.8. The predicted molar refractivity (Wildman–Crippen MR) is 108 cm³/mol. The van der Waals surface area contributed by atoms with Crippen LogP contribution in [0.15, 0.2) is 48.8 Å². The monoisotopic (exact) mass is 388 g/mol. The molecule has 1 saturated heterocycles. The number of nitrogens with one attached hydrogen (secondary N) is 2. The Morgan fingerprint density at radius 2 is 2.17 bits per heavy atom. The molecular formula is C21H20N6O2. The Labute approximate surface area is 168 Å². The van der Waals surface area contributed by atoms with E-state index in [0.717, 1.165) is 25.1 Å². The molecule has 4 rings (SSSR count). The number of aliphatic hydroxyl groups excluding tert-OH is 1. The van der Waals surface area contributed by atoms with Crippen LogP contribution in [0.3, 0.4) is 0 Å². The second kappa shape index (κ2) is 8.65. The van der Waals surface area contributed by atoms with E-state index in [0.29, 0.717) is 34.3 Å². The fraction of sp³-hybridized carbons (Fsp3) is 0.238. The molecule has 1 aliphatic heterocycles. The zero-order valence-electron chi connectivity index (χ0n) is 15.7. The molecule has 0 radical (unpaired) electrons. The van der Waals surface area contributed by atoms with E-state index >= 15 is 0 Å². The van der Waals surface area contributed by atoms with E-state index in [-0.39, 0.29) is 12.7 Å². The van der Waals surface area contributed by atoms with Crippen LogP contribution >= 0.6 is 0 Å². The number of hydrogen-bond donors (Lipinski definition) is 3. The number of benzene rings is 1. The summed E-state index contributed by atoms with van der Waals surface area (Å²) < 4.78 is 5.95. The van der Waals surface area contributed by atoms with Gasteiger partial charge in [-0.05, 0) is 49.4 Å². The van der Waals surface area contributed by atoms with Gasteiger partial charge in [-0.2, -0.15) is 5.26 Å². The van der Waals surface area contributed by atoms with E-state index in [4.69, 9.17) is 9.84 Å². The lowest BCUT2D eigenvalue weighted by molar-refractivity contribution is 0.222. The van der Waals surface area contributed by atoms with Gasteiger partial charge in [0.15, 0.2) is 0 Å². The van der Waals surface area contributed by atoms with Crippen LogP contribution in [0.25, 0.3) is 11.3 Å². The van der Waals surface area contributed by atoms with Crippen LogP contribution in [-0.2, 0) is 6.61 Å². The number of anilines is 2. The largest absolute Gasteiger partial charge is 0.488 e. The van der Waals surface area contributed by atoms with Crippen molar-refractivity contribution in [2.75, 3.05) is 18.4 Å². The van der Waals surface area contributed by atoms with Gasteiger partial charge in [-0.3, -0.25) is 4.98 Å². The average Bonchev–Trinajstić information content (AvgIpc) is 3.28. The summed E-state index contributed by atoms with van der Waals surface area (Å²) in [5.41, 5.74) is 3.27. The zero-order chi connectivity index (χ0) is 20.1. The standard InChI is InChI=1S/C21H20N6O2/c22-10-15-9-14(1-4-20(15)29-18-5-7-23-12-18)19-6-8-24-21(27-19)26-16-2-3-17(13-28)25-11-16/h1-4,6,8-9,11,18,23,28H,5,7,12-13H2,(H,24,26,27)/t18-/m1/s1. The maximum atomic E-state index is 9.54. The van der Waals surface area contributed by atoms with Gasteiger partial charge < -0.3 is 20.5 Å². The highest BCUT2D eigenvalue weighted by atomic mass is 16.5. The minimum absolute atomic E-state index is 0.0913. The molecule has 0 amide bonds. The van der Waals surface area contributed by atoms with Crippen molar-refractivity contribution in [1.29, 1.82) is 5.26 Å².